The average Bonchev–Trinajstić information content (AvgIpc) is 3.40. The number of carbonyl (C=O) groups excluding carboxylic acids is 1. The average molecular weight is 560 g/mol. The second kappa shape index (κ2) is 10.3. The van der Waals surface area contributed by atoms with Crippen molar-refractivity contribution in [2.45, 2.75) is 13.5 Å². The number of furan rings is 1. The molecule has 1 saturated heterocycles. The highest BCUT2D eigenvalue weighted by atomic mass is 127. The molecule has 1 aliphatic heterocycles. The fraction of sp³-hybridized carbons (Fsp3) is 0.167. The third-order valence-corrected chi connectivity index (χ3v) is 6.41. The standard InChI is InChI=1S/C24H21IN2O4S/c1-3-30-22-19(25)12-16(13-20(22)29-2)14-21-23(28)27(15-18-10-7-11-31-18)24(32-21)26-17-8-5-4-6-9-17/h4-14H,3,15H2,1-2H3/b21-14+,26-24?. The van der Waals surface area contributed by atoms with Gasteiger partial charge in [-0.2, -0.15) is 0 Å². The first-order valence-corrected chi connectivity index (χ1v) is 11.9. The van der Waals surface area contributed by atoms with Crippen LogP contribution >= 0.6 is 34.4 Å². The molecule has 0 saturated carbocycles. The van der Waals surface area contributed by atoms with Crippen molar-refractivity contribution in [3.8, 4) is 11.5 Å². The van der Waals surface area contributed by atoms with E-state index in [9.17, 15) is 4.79 Å². The first-order chi connectivity index (χ1) is 15.6. The third kappa shape index (κ3) is 5.02. The molecular weight excluding hydrogens is 539 g/mol. The number of carbonyl (C=O) groups is 1. The summed E-state index contributed by atoms with van der Waals surface area (Å²) in [5, 5.41) is 0.608. The normalized spacial score (nSPS) is 16.2. The highest BCUT2D eigenvalue weighted by molar-refractivity contribution is 14.1. The van der Waals surface area contributed by atoms with Crippen LogP contribution in [-0.4, -0.2) is 29.7 Å². The Hall–Kier alpha value is -2.72. The number of aliphatic imine (C=N–C) groups is 1. The Bertz CT molecular complexity index is 1160. The molecule has 3 aromatic rings. The van der Waals surface area contributed by atoms with E-state index < -0.39 is 0 Å². The van der Waals surface area contributed by atoms with Gasteiger partial charge in [0, 0.05) is 0 Å². The molecule has 0 spiro atoms. The van der Waals surface area contributed by atoms with E-state index in [2.05, 4.69) is 22.6 Å². The fourth-order valence-corrected chi connectivity index (χ4v) is 4.94. The van der Waals surface area contributed by atoms with Crippen LogP contribution in [0.5, 0.6) is 11.5 Å². The summed E-state index contributed by atoms with van der Waals surface area (Å²) < 4.78 is 17.6. The first kappa shape index (κ1) is 22.5. The van der Waals surface area contributed by atoms with Gasteiger partial charge in [0.1, 0.15) is 5.76 Å². The van der Waals surface area contributed by atoms with Gasteiger partial charge in [-0.3, -0.25) is 9.69 Å². The van der Waals surface area contributed by atoms with Gasteiger partial charge in [-0.1, -0.05) is 18.2 Å². The zero-order chi connectivity index (χ0) is 22.5. The molecule has 4 rings (SSSR count). The predicted molar refractivity (Wildman–Crippen MR) is 135 cm³/mol. The van der Waals surface area contributed by atoms with Crippen LogP contribution in [0.1, 0.15) is 18.2 Å². The summed E-state index contributed by atoms with van der Waals surface area (Å²) in [5.41, 5.74) is 1.63. The van der Waals surface area contributed by atoms with Crippen LogP contribution in [0.4, 0.5) is 5.69 Å². The lowest BCUT2D eigenvalue weighted by Gasteiger charge is -2.14. The second-order valence-corrected chi connectivity index (χ2v) is 8.95. The number of nitrogens with zero attached hydrogens (tertiary/aromatic N) is 2. The van der Waals surface area contributed by atoms with Crippen LogP contribution in [0, 0.1) is 3.57 Å². The zero-order valence-corrected chi connectivity index (χ0v) is 20.6. The number of ether oxygens (including phenoxy) is 2. The number of amidine groups is 1. The van der Waals surface area contributed by atoms with Crippen molar-refractivity contribution in [1.29, 1.82) is 0 Å². The molecule has 0 N–H and O–H groups in total. The molecule has 0 atom stereocenters. The van der Waals surface area contributed by atoms with Crippen molar-refractivity contribution in [3.63, 3.8) is 0 Å². The molecular formula is C24H21IN2O4S. The van der Waals surface area contributed by atoms with E-state index in [1.165, 1.54) is 11.8 Å². The number of hydrogen-bond donors (Lipinski definition) is 0. The first-order valence-electron chi connectivity index (χ1n) is 9.97. The zero-order valence-electron chi connectivity index (χ0n) is 17.6. The van der Waals surface area contributed by atoms with Crippen LogP contribution in [0.3, 0.4) is 0 Å². The largest absolute Gasteiger partial charge is 0.493 e. The van der Waals surface area contributed by atoms with Crippen molar-refractivity contribution < 1.29 is 18.7 Å². The summed E-state index contributed by atoms with van der Waals surface area (Å²) in [6.45, 7) is 2.79. The molecule has 8 heteroatoms. The SMILES string of the molecule is CCOc1c(I)cc(/C=C2/SC(=Nc3ccccc3)N(Cc3ccco3)C2=O)cc1OC. The van der Waals surface area contributed by atoms with E-state index in [0.717, 1.165) is 14.8 Å². The lowest BCUT2D eigenvalue weighted by atomic mass is 10.2. The molecule has 1 aliphatic rings. The van der Waals surface area contributed by atoms with Crippen molar-refractivity contribution in [2.24, 2.45) is 4.99 Å². The Morgan fingerprint density at radius 2 is 2.00 bits per heavy atom. The summed E-state index contributed by atoms with van der Waals surface area (Å²) in [6.07, 6.45) is 3.46. The van der Waals surface area contributed by atoms with E-state index >= 15 is 0 Å². The minimum Gasteiger partial charge on any atom is -0.493 e. The Balaban J connectivity index is 1.70. The Kier molecular flexibility index (Phi) is 7.21. The minimum absolute atomic E-state index is 0.121. The lowest BCUT2D eigenvalue weighted by Crippen LogP contribution is -2.28. The maximum absolute atomic E-state index is 13.3. The number of amides is 1. The Labute approximate surface area is 204 Å². The molecule has 1 aromatic heterocycles. The van der Waals surface area contributed by atoms with E-state index in [4.69, 9.17) is 18.9 Å². The molecule has 2 heterocycles. The van der Waals surface area contributed by atoms with Crippen molar-refractivity contribution in [1.82, 2.24) is 4.90 Å². The smallest absolute Gasteiger partial charge is 0.267 e. The molecule has 6 nitrogen and oxygen atoms in total. The summed E-state index contributed by atoms with van der Waals surface area (Å²) in [7, 11) is 1.61. The third-order valence-electron chi connectivity index (χ3n) is 4.60. The minimum atomic E-state index is -0.121. The Morgan fingerprint density at radius 3 is 2.69 bits per heavy atom. The van der Waals surface area contributed by atoms with E-state index in [1.807, 2.05) is 67.6 Å². The highest BCUT2D eigenvalue weighted by Crippen LogP contribution is 2.38. The lowest BCUT2D eigenvalue weighted by molar-refractivity contribution is -0.122. The molecule has 1 fully saturated rings. The summed E-state index contributed by atoms with van der Waals surface area (Å²) in [5.74, 6) is 1.91. The van der Waals surface area contributed by atoms with Gasteiger partial charge in [0.25, 0.3) is 5.91 Å². The molecule has 1 amide bonds. The number of thioether (sulfide) groups is 1. The number of halogens is 1. The maximum atomic E-state index is 13.3. The predicted octanol–water partition coefficient (Wildman–Crippen LogP) is 6.10. The van der Waals surface area contributed by atoms with Crippen LogP contribution in [0.25, 0.3) is 6.08 Å². The van der Waals surface area contributed by atoms with Crippen molar-refractivity contribution in [3.05, 3.63) is 80.7 Å². The molecule has 32 heavy (non-hydrogen) atoms. The van der Waals surface area contributed by atoms with Gasteiger partial charge < -0.3 is 13.9 Å². The van der Waals surface area contributed by atoms with E-state index in [-0.39, 0.29) is 5.91 Å². The van der Waals surface area contributed by atoms with Crippen LogP contribution in [0.2, 0.25) is 0 Å². The molecule has 164 valence electrons. The second-order valence-electron chi connectivity index (χ2n) is 6.78. The van der Waals surface area contributed by atoms with Gasteiger partial charge in [-0.25, -0.2) is 4.99 Å². The number of benzene rings is 2. The number of para-hydroxylation sites is 1. The van der Waals surface area contributed by atoms with E-state index in [1.54, 1.807) is 18.3 Å². The van der Waals surface area contributed by atoms with Gasteiger partial charge >= 0.3 is 0 Å². The molecule has 0 bridgehead atoms. The maximum Gasteiger partial charge on any atom is 0.267 e. The topological polar surface area (TPSA) is 64.3 Å². The van der Waals surface area contributed by atoms with Crippen molar-refractivity contribution in [2.75, 3.05) is 13.7 Å². The van der Waals surface area contributed by atoms with Gasteiger partial charge in [0.2, 0.25) is 0 Å². The van der Waals surface area contributed by atoms with Gasteiger partial charge in [0.05, 0.1) is 40.7 Å². The Morgan fingerprint density at radius 1 is 1.19 bits per heavy atom. The number of rotatable bonds is 7. The number of methoxy groups -OCH3 is 1. The van der Waals surface area contributed by atoms with Crippen LogP contribution < -0.4 is 9.47 Å². The monoisotopic (exact) mass is 560 g/mol. The molecule has 0 radical (unpaired) electrons. The van der Waals surface area contributed by atoms with Gasteiger partial charge in [0.15, 0.2) is 16.7 Å². The molecule has 2 aromatic carbocycles. The fourth-order valence-electron chi connectivity index (χ4n) is 3.16. The van der Waals surface area contributed by atoms with Crippen LogP contribution in [-0.2, 0) is 11.3 Å². The quantitative estimate of drug-likeness (QED) is 0.258. The highest BCUT2D eigenvalue weighted by Gasteiger charge is 2.34. The molecule has 0 unspecified atom stereocenters. The van der Waals surface area contributed by atoms with Crippen molar-refractivity contribution >= 4 is 57.2 Å². The van der Waals surface area contributed by atoms with E-state index in [0.29, 0.717) is 40.5 Å². The van der Waals surface area contributed by atoms with Gasteiger partial charge in [-0.05, 0) is 89.3 Å². The molecule has 0 aliphatic carbocycles. The summed E-state index contributed by atoms with van der Waals surface area (Å²) >= 11 is 3.56. The number of hydrogen-bond acceptors (Lipinski definition) is 6. The summed E-state index contributed by atoms with van der Waals surface area (Å²) in [4.78, 5) is 20.2. The van der Waals surface area contributed by atoms with Gasteiger partial charge in [-0.15, -0.1) is 0 Å². The van der Waals surface area contributed by atoms with Crippen LogP contribution in [0.15, 0.2) is 75.2 Å². The summed E-state index contributed by atoms with van der Waals surface area (Å²) in [6, 6.07) is 17.1.